The first kappa shape index (κ1) is 12.8. The standard InChI is InChI=1S/C14H19N3O/c1-10-8-11(9-15)17-13(16-10)18-12-4-6-14(2,3)7-5-12/h8,12H,4-7H2,1-3H3. The van der Waals surface area contributed by atoms with E-state index in [0.717, 1.165) is 31.4 Å². The third kappa shape index (κ3) is 3.19. The average molecular weight is 245 g/mol. The molecule has 1 aliphatic carbocycles. The number of hydrogen-bond acceptors (Lipinski definition) is 4. The van der Waals surface area contributed by atoms with Crippen molar-refractivity contribution < 1.29 is 4.74 Å². The Balaban J connectivity index is 2.02. The van der Waals surface area contributed by atoms with Crippen molar-refractivity contribution in [2.24, 2.45) is 5.41 Å². The van der Waals surface area contributed by atoms with Gasteiger partial charge in [0.25, 0.3) is 0 Å². The first-order chi connectivity index (χ1) is 8.48. The molecule has 1 saturated carbocycles. The zero-order chi connectivity index (χ0) is 13.2. The highest BCUT2D eigenvalue weighted by atomic mass is 16.5. The van der Waals surface area contributed by atoms with Crippen LogP contribution < -0.4 is 4.74 Å². The van der Waals surface area contributed by atoms with Gasteiger partial charge in [0.1, 0.15) is 17.9 Å². The Morgan fingerprint density at radius 2 is 2.00 bits per heavy atom. The number of aromatic nitrogens is 2. The summed E-state index contributed by atoms with van der Waals surface area (Å²) in [6.45, 7) is 6.43. The fraction of sp³-hybridized carbons (Fsp3) is 0.643. The third-order valence-electron chi connectivity index (χ3n) is 3.51. The van der Waals surface area contributed by atoms with Crippen LogP contribution in [0.25, 0.3) is 0 Å². The van der Waals surface area contributed by atoms with Gasteiger partial charge < -0.3 is 4.74 Å². The van der Waals surface area contributed by atoms with E-state index in [1.54, 1.807) is 6.07 Å². The summed E-state index contributed by atoms with van der Waals surface area (Å²) < 4.78 is 5.80. The second-order valence-corrected chi connectivity index (χ2v) is 5.77. The Labute approximate surface area is 108 Å². The Morgan fingerprint density at radius 1 is 1.33 bits per heavy atom. The molecule has 1 aromatic heterocycles. The normalized spacial score (nSPS) is 19.2. The van der Waals surface area contributed by atoms with Gasteiger partial charge in [-0.2, -0.15) is 10.2 Å². The van der Waals surface area contributed by atoms with Crippen molar-refractivity contribution in [1.82, 2.24) is 9.97 Å². The Morgan fingerprint density at radius 3 is 2.61 bits per heavy atom. The number of nitriles is 1. The molecule has 0 aliphatic heterocycles. The molecular formula is C14H19N3O. The van der Waals surface area contributed by atoms with Crippen LogP contribution >= 0.6 is 0 Å². The highest BCUT2D eigenvalue weighted by molar-refractivity contribution is 5.23. The van der Waals surface area contributed by atoms with E-state index in [2.05, 4.69) is 23.8 Å². The van der Waals surface area contributed by atoms with Gasteiger partial charge >= 0.3 is 6.01 Å². The molecule has 0 bridgehead atoms. The van der Waals surface area contributed by atoms with E-state index >= 15 is 0 Å². The molecule has 0 unspecified atom stereocenters. The van der Waals surface area contributed by atoms with E-state index in [1.165, 1.54) is 0 Å². The van der Waals surface area contributed by atoms with Crippen LogP contribution in [-0.4, -0.2) is 16.1 Å². The molecule has 18 heavy (non-hydrogen) atoms. The Kier molecular flexibility index (Phi) is 3.51. The molecule has 96 valence electrons. The molecule has 0 atom stereocenters. The van der Waals surface area contributed by atoms with E-state index in [1.807, 2.05) is 13.0 Å². The van der Waals surface area contributed by atoms with Gasteiger partial charge in [0.15, 0.2) is 0 Å². The SMILES string of the molecule is Cc1cc(C#N)nc(OC2CCC(C)(C)CC2)n1. The Bertz CT molecular complexity index is 466. The summed E-state index contributed by atoms with van der Waals surface area (Å²) in [5.74, 6) is 0. The number of ether oxygens (including phenoxy) is 1. The van der Waals surface area contributed by atoms with Crippen LogP contribution in [0.4, 0.5) is 0 Å². The lowest BCUT2D eigenvalue weighted by molar-refractivity contribution is 0.0904. The topological polar surface area (TPSA) is 58.8 Å². The molecule has 2 rings (SSSR count). The molecule has 0 spiro atoms. The van der Waals surface area contributed by atoms with Crippen LogP contribution in [0.1, 0.15) is 50.9 Å². The predicted molar refractivity (Wildman–Crippen MR) is 68.1 cm³/mol. The molecule has 0 aromatic carbocycles. The quantitative estimate of drug-likeness (QED) is 0.803. The minimum absolute atomic E-state index is 0.186. The van der Waals surface area contributed by atoms with Gasteiger partial charge in [-0.15, -0.1) is 0 Å². The molecule has 0 saturated heterocycles. The maximum absolute atomic E-state index is 8.87. The van der Waals surface area contributed by atoms with Gasteiger partial charge in [-0.25, -0.2) is 4.98 Å². The number of aryl methyl sites for hydroxylation is 1. The summed E-state index contributed by atoms with van der Waals surface area (Å²) in [7, 11) is 0. The minimum Gasteiger partial charge on any atom is -0.460 e. The van der Waals surface area contributed by atoms with Gasteiger partial charge in [-0.3, -0.25) is 0 Å². The van der Waals surface area contributed by atoms with Gasteiger partial charge in [0.2, 0.25) is 0 Å². The molecule has 0 radical (unpaired) electrons. The number of rotatable bonds is 2. The van der Waals surface area contributed by atoms with Crippen LogP contribution in [0.3, 0.4) is 0 Å². The van der Waals surface area contributed by atoms with Crippen LogP contribution in [-0.2, 0) is 0 Å². The summed E-state index contributed by atoms with van der Waals surface area (Å²) in [4.78, 5) is 8.32. The first-order valence-corrected chi connectivity index (χ1v) is 6.41. The van der Waals surface area contributed by atoms with Gasteiger partial charge in [-0.05, 0) is 44.1 Å². The molecule has 1 aliphatic rings. The maximum Gasteiger partial charge on any atom is 0.318 e. The van der Waals surface area contributed by atoms with Crippen molar-refractivity contribution in [2.75, 3.05) is 0 Å². The van der Waals surface area contributed by atoms with Crippen LogP contribution in [0, 0.1) is 23.7 Å². The lowest BCUT2D eigenvalue weighted by Gasteiger charge is -2.33. The van der Waals surface area contributed by atoms with Crippen molar-refractivity contribution in [3.63, 3.8) is 0 Å². The van der Waals surface area contributed by atoms with Crippen LogP contribution in [0.5, 0.6) is 6.01 Å². The van der Waals surface area contributed by atoms with Gasteiger partial charge in [0.05, 0.1) is 0 Å². The molecular weight excluding hydrogens is 226 g/mol. The minimum atomic E-state index is 0.186. The summed E-state index contributed by atoms with van der Waals surface area (Å²) in [5.41, 5.74) is 1.56. The monoisotopic (exact) mass is 245 g/mol. The average Bonchev–Trinajstić information content (AvgIpc) is 2.31. The smallest absolute Gasteiger partial charge is 0.318 e. The highest BCUT2D eigenvalue weighted by Crippen LogP contribution is 2.36. The second kappa shape index (κ2) is 4.93. The van der Waals surface area contributed by atoms with E-state index in [-0.39, 0.29) is 6.10 Å². The maximum atomic E-state index is 8.87. The largest absolute Gasteiger partial charge is 0.460 e. The summed E-state index contributed by atoms with van der Waals surface area (Å²) >= 11 is 0. The van der Waals surface area contributed by atoms with E-state index in [4.69, 9.17) is 10.00 Å². The lowest BCUT2D eigenvalue weighted by Crippen LogP contribution is -2.29. The lowest BCUT2D eigenvalue weighted by atomic mass is 9.76. The molecule has 4 heteroatoms. The molecule has 1 fully saturated rings. The van der Waals surface area contributed by atoms with E-state index in [0.29, 0.717) is 17.1 Å². The van der Waals surface area contributed by atoms with Crippen molar-refractivity contribution in [3.05, 3.63) is 17.5 Å². The van der Waals surface area contributed by atoms with Crippen molar-refractivity contribution in [1.29, 1.82) is 5.26 Å². The summed E-state index contributed by atoms with van der Waals surface area (Å²) in [5, 5.41) is 8.87. The molecule has 0 N–H and O–H groups in total. The second-order valence-electron chi connectivity index (χ2n) is 5.77. The zero-order valence-corrected chi connectivity index (χ0v) is 11.2. The van der Waals surface area contributed by atoms with E-state index in [9.17, 15) is 0 Å². The van der Waals surface area contributed by atoms with Crippen LogP contribution in [0.2, 0.25) is 0 Å². The number of nitrogens with zero attached hydrogens (tertiary/aromatic N) is 3. The van der Waals surface area contributed by atoms with Crippen LogP contribution in [0.15, 0.2) is 6.07 Å². The summed E-state index contributed by atoms with van der Waals surface area (Å²) in [6.07, 6.45) is 4.58. The highest BCUT2D eigenvalue weighted by Gasteiger charge is 2.28. The molecule has 4 nitrogen and oxygen atoms in total. The molecule has 1 aromatic rings. The fourth-order valence-electron chi connectivity index (χ4n) is 2.29. The molecule has 1 heterocycles. The summed E-state index contributed by atoms with van der Waals surface area (Å²) in [6, 6.07) is 4.03. The van der Waals surface area contributed by atoms with Crippen molar-refractivity contribution in [2.45, 2.75) is 52.6 Å². The first-order valence-electron chi connectivity index (χ1n) is 6.41. The Hall–Kier alpha value is -1.63. The van der Waals surface area contributed by atoms with Gasteiger partial charge in [-0.1, -0.05) is 13.8 Å². The predicted octanol–water partition coefficient (Wildman–Crippen LogP) is 3.00. The van der Waals surface area contributed by atoms with Crippen molar-refractivity contribution >= 4 is 0 Å². The number of hydrogen-bond donors (Lipinski definition) is 0. The fourth-order valence-corrected chi connectivity index (χ4v) is 2.29. The third-order valence-corrected chi connectivity index (χ3v) is 3.51. The molecule has 0 amide bonds. The van der Waals surface area contributed by atoms with Gasteiger partial charge in [0, 0.05) is 5.69 Å². The van der Waals surface area contributed by atoms with E-state index < -0.39 is 0 Å². The zero-order valence-electron chi connectivity index (χ0n) is 11.2. The van der Waals surface area contributed by atoms with Crippen molar-refractivity contribution in [3.8, 4) is 12.1 Å².